The Balaban J connectivity index is 1.73. The van der Waals surface area contributed by atoms with E-state index in [2.05, 4.69) is 15.3 Å². The van der Waals surface area contributed by atoms with Gasteiger partial charge in [0.1, 0.15) is 17.8 Å². The van der Waals surface area contributed by atoms with Gasteiger partial charge in [0.05, 0.1) is 4.92 Å². The Labute approximate surface area is 131 Å². The van der Waals surface area contributed by atoms with Gasteiger partial charge in [-0.2, -0.15) is 0 Å². The number of benzene rings is 1. The number of nitro groups is 1. The highest BCUT2D eigenvalue weighted by molar-refractivity contribution is 5.59. The molecule has 2 heterocycles. The second-order valence-corrected chi connectivity index (χ2v) is 4.58. The molecule has 0 bridgehead atoms. The number of aromatic nitrogens is 2. The Morgan fingerprint density at radius 1 is 1.04 bits per heavy atom. The molecule has 2 aromatic heterocycles. The van der Waals surface area contributed by atoms with E-state index in [4.69, 9.17) is 4.74 Å². The third-order valence-corrected chi connectivity index (χ3v) is 2.93. The first-order valence-corrected chi connectivity index (χ1v) is 6.77. The molecule has 3 aromatic rings. The molecular weight excluding hydrogens is 296 g/mol. The van der Waals surface area contributed by atoms with Crippen molar-refractivity contribution in [2.45, 2.75) is 0 Å². The molecule has 23 heavy (non-hydrogen) atoms. The minimum absolute atomic E-state index is 0.0530. The number of hydrogen-bond acceptors (Lipinski definition) is 6. The largest absolute Gasteiger partial charge is 0.439 e. The smallest absolute Gasteiger partial charge is 0.287 e. The average molecular weight is 308 g/mol. The topological polar surface area (TPSA) is 90.2 Å². The van der Waals surface area contributed by atoms with E-state index in [1.54, 1.807) is 24.4 Å². The Bertz CT molecular complexity index is 807. The summed E-state index contributed by atoms with van der Waals surface area (Å²) in [6.07, 6.45) is 2.86. The molecule has 1 aromatic carbocycles. The molecule has 0 aliphatic rings. The predicted octanol–water partition coefficient (Wildman–Crippen LogP) is 3.92. The van der Waals surface area contributed by atoms with Crippen LogP contribution >= 0.6 is 0 Å². The van der Waals surface area contributed by atoms with Crippen molar-refractivity contribution >= 4 is 17.2 Å². The molecule has 0 amide bonds. The number of pyridine rings is 2. The zero-order valence-corrected chi connectivity index (χ0v) is 11.9. The summed E-state index contributed by atoms with van der Waals surface area (Å²) in [5.41, 5.74) is 0.697. The molecule has 0 spiro atoms. The lowest BCUT2D eigenvalue weighted by Gasteiger charge is -2.08. The van der Waals surface area contributed by atoms with E-state index in [1.165, 1.54) is 12.3 Å². The minimum atomic E-state index is -0.488. The number of anilines is 2. The van der Waals surface area contributed by atoms with E-state index < -0.39 is 4.92 Å². The molecule has 1 N–H and O–H groups in total. The van der Waals surface area contributed by atoms with Crippen molar-refractivity contribution in [3.05, 3.63) is 77.1 Å². The molecular formula is C16H12N4O3. The number of ether oxygens (including phenoxy) is 1. The summed E-state index contributed by atoms with van der Waals surface area (Å²) in [5.74, 6) is 1.62. The Morgan fingerprint density at radius 2 is 1.96 bits per heavy atom. The van der Waals surface area contributed by atoms with Crippen LogP contribution in [0.15, 0.2) is 67.0 Å². The van der Waals surface area contributed by atoms with Crippen LogP contribution in [0, 0.1) is 10.1 Å². The first-order valence-electron chi connectivity index (χ1n) is 6.77. The molecule has 114 valence electrons. The standard InChI is InChI=1S/C16H12N4O3/c21-20(22)13-7-8-15(18-11-13)19-12-4-3-5-14(10-12)23-16-6-1-2-9-17-16/h1-11H,(H,18,19). The summed E-state index contributed by atoms with van der Waals surface area (Å²) >= 11 is 0. The van der Waals surface area contributed by atoms with Gasteiger partial charge in [-0.15, -0.1) is 0 Å². The van der Waals surface area contributed by atoms with Crippen LogP contribution in [-0.4, -0.2) is 14.9 Å². The lowest BCUT2D eigenvalue weighted by Crippen LogP contribution is -1.95. The Hall–Kier alpha value is -3.48. The molecule has 0 radical (unpaired) electrons. The van der Waals surface area contributed by atoms with Gasteiger partial charge < -0.3 is 10.1 Å². The van der Waals surface area contributed by atoms with Gasteiger partial charge in [0, 0.05) is 30.1 Å². The molecule has 7 heteroatoms. The van der Waals surface area contributed by atoms with E-state index in [0.29, 0.717) is 17.4 Å². The molecule has 3 rings (SSSR count). The fourth-order valence-corrected chi connectivity index (χ4v) is 1.88. The zero-order valence-electron chi connectivity index (χ0n) is 11.9. The van der Waals surface area contributed by atoms with Crippen LogP contribution in [0.3, 0.4) is 0 Å². The molecule has 0 saturated heterocycles. The van der Waals surface area contributed by atoms with Gasteiger partial charge >= 0.3 is 0 Å². The quantitative estimate of drug-likeness (QED) is 0.567. The Morgan fingerprint density at radius 3 is 2.65 bits per heavy atom. The highest BCUT2D eigenvalue weighted by Gasteiger charge is 2.06. The van der Waals surface area contributed by atoms with Crippen LogP contribution in [0.5, 0.6) is 11.6 Å². The maximum Gasteiger partial charge on any atom is 0.287 e. The van der Waals surface area contributed by atoms with E-state index >= 15 is 0 Å². The second kappa shape index (κ2) is 6.52. The van der Waals surface area contributed by atoms with Crippen LogP contribution < -0.4 is 10.1 Å². The zero-order chi connectivity index (χ0) is 16.1. The number of rotatable bonds is 5. The summed E-state index contributed by atoms with van der Waals surface area (Å²) in [5, 5.41) is 13.7. The highest BCUT2D eigenvalue weighted by Crippen LogP contribution is 2.24. The molecule has 0 saturated carbocycles. The molecule has 0 atom stereocenters. The highest BCUT2D eigenvalue weighted by atomic mass is 16.6. The first-order chi connectivity index (χ1) is 11.2. The lowest BCUT2D eigenvalue weighted by molar-refractivity contribution is -0.385. The Kier molecular flexibility index (Phi) is 4.10. The van der Waals surface area contributed by atoms with Gasteiger partial charge in [-0.3, -0.25) is 10.1 Å². The summed E-state index contributed by atoms with van der Waals surface area (Å²) in [6, 6.07) is 15.6. The molecule has 0 aliphatic carbocycles. The van der Waals surface area contributed by atoms with Gasteiger partial charge in [0.2, 0.25) is 5.88 Å². The SMILES string of the molecule is O=[N+]([O-])c1ccc(Nc2cccc(Oc3ccccn3)c2)nc1. The van der Waals surface area contributed by atoms with E-state index in [-0.39, 0.29) is 5.69 Å². The van der Waals surface area contributed by atoms with Gasteiger partial charge in [0.25, 0.3) is 5.69 Å². The average Bonchev–Trinajstić information content (AvgIpc) is 2.57. The van der Waals surface area contributed by atoms with Crippen molar-refractivity contribution in [1.82, 2.24) is 9.97 Å². The van der Waals surface area contributed by atoms with Crippen molar-refractivity contribution in [1.29, 1.82) is 0 Å². The minimum Gasteiger partial charge on any atom is -0.439 e. The number of hydrogen-bond donors (Lipinski definition) is 1. The molecule has 0 unspecified atom stereocenters. The van der Waals surface area contributed by atoms with Crippen molar-refractivity contribution in [2.24, 2.45) is 0 Å². The lowest BCUT2D eigenvalue weighted by atomic mass is 10.3. The maximum atomic E-state index is 10.6. The molecule has 0 fully saturated rings. The normalized spacial score (nSPS) is 10.1. The fourth-order valence-electron chi connectivity index (χ4n) is 1.88. The van der Waals surface area contributed by atoms with Crippen LogP contribution in [0.1, 0.15) is 0 Å². The van der Waals surface area contributed by atoms with Gasteiger partial charge in [-0.1, -0.05) is 12.1 Å². The van der Waals surface area contributed by atoms with Gasteiger partial charge in [-0.05, 0) is 24.3 Å². The van der Waals surface area contributed by atoms with Crippen LogP contribution in [0.2, 0.25) is 0 Å². The summed E-state index contributed by atoms with van der Waals surface area (Å²) in [7, 11) is 0. The van der Waals surface area contributed by atoms with Crippen LogP contribution in [0.25, 0.3) is 0 Å². The third kappa shape index (κ3) is 3.79. The van der Waals surface area contributed by atoms with Crippen molar-refractivity contribution in [3.8, 4) is 11.6 Å². The monoisotopic (exact) mass is 308 g/mol. The van der Waals surface area contributed by atoms with E-state index in [9.17, 15) is 10.1 Å². The summed E-state index contributed by atoms with van der Waals surface area (Å²) in [6.45, 7) is 0. The van der Waals surface area contributed by atoms with Crippen LogP contribution in [-0.2, 0) is 0 Å². The fraction of sp³-hybridized carbons (Fsp3) is 0. The van der Waals surface area contributed by atoms with Crippen LogP contribution in [0.4, 0.5) is 17.2 Å². The number of nitrogens with one attached hydrogen (secondary N) is 1. The third-order valence-electron chi connectivity index (χ3n) is 2.93. The number of nitrogens with zero attached hydrogens (tertiary/aromatic N) is 3. The van der Waals surface area contributed by atoms with E-state index in [0.717, 1.165) is 5.69 Å². The summed E-state index contributed by atoms with van der Waals surface area (Å²) in [4.78, 5) is 18.2. The molecule has 0 aliphatic heterocycles. The maximum absolute atomic E-state index is 10.6. The van der Waals surface area contributed by atoms with Gasteiger partial charge in [0.15, 0.2) is 0 Å². The second-order valence-electron chi connectivity index (χ2n) is 4.58. The van der Waals surface area contributed by atoms with Crippen molar-refractivity contribution < 1.29 is 9.66 Å². The summed E-state index contributed by atoms with van der Waals surface area (Å²) < 4.78 is 5.65. The van der Waals surface area contributed by atoms with Gasteiger partial charge in [-0.25, -0.2) is 9.97 Å². The van der Waals surface area contributed by atoms with Crippen molar-refractivity contribution in [2.75, 3.05) is 5.32 Å². The predicted molar refractivity (Wildman–Crippen MR) is 84.9 cm³/mol. The molecule has 7 nitrogen and oxygen atoms in total. The van der Waals surface area contributed by atoms with Crippen molar-refractivity contribution in [3.63, 3.8) is 0 Å². The van der Waals surface area contributed by atoms with E-state index in [1.807, 2.05) is 30.3 Å². The first kappa shape index (κ1) is 14.5.